The summed E-state index contributed by atoms with van der Waals surface area (Å²) >= 11 is 0. The average molecular weight is 619 g/mol. The first kappa shape index (κ1) is 42.7. The summed E-state index contributed by atoms with van der Waals surface area (Å²) in [5.74, 6) is 0.0225. The van der Waals surface area contributed by atoms with Crippen LogP contribution in [0.25, 0.3) is 0 Å². The first-order valence-electron chi connectivity index (χ1n) is 19.9. The van der Waals surface area contributed by atoms with Gasteiger partial charge in [0.15, 0.2) is 0 Å². The first-order chi connectivity index (χ1) is 21.7. The zero-order chi connectivity index (χ0) is 32.2. The third-order valence-corrected chi connectivity index (χ3v) is 9.01. The molecular weight excluding hydrogens is 540 g/mol. The van der Waals surface area contributed by atoms with Crippen molar-refractivity contribution >= 4 is 11.8 Å². The number of allylic oxidation sites excluding steroid dienone is 2. The van der Waals surface area contributed by atoms with Crippen molar-refractivity contribution in [3.05, 3.63) is 12.2 Å². The molecule has 2 N–H and O–H groups in total. The highest BCUT2D eigenvalue weighted by molar-refractivity contribution is 5.87. The highest BCUT2D eigenvalue weighted by atomic mass is 16.2. The van der Waals surface area contributed by atoms with E-state index in [0.717, 1.165) is 32.1 Å². The number of amides is 2. The van der Waals surface area contributed by atoms with Gasteiger partial charge in [0.05, 0.1) is 0 Å². The Hall–Kier alpha value is -1.32. The van der Waals surface area contributed by atoms with Crippen LogP contribution in [0.15, 0.2) is 12.2 Å². The summed E-state index contributed by atoms with van der Waals surface area (Å²) in [5, 5.41) is 5.96. The summed E-state index contributed by atoms with van der Waals surface area (Å²) in [5.41, 5.74) is 0. The SMILES string of the molecule is CCCCCCCCC=CCCCCCCCCCCCC(=O)NC(CCCCCCCCCCCCCC)C(=O)NCC. The molecule has 0 saturated carbocycles. The van der Waals surface area contributed by atoms with Crippen LogP contribution in [-0.4, -0.2) is 24.4 Å². The van der Waals surface area contributed by atoms with E-state index in [9.17, 15) is 9.59 Å². The van der Waals surface area contributed by atoms with Crippen LogP contribution in [0.1, 0.15) is 220 Å². The van der Waals surface area contributed by atoms with E-state index in [2.05, 4.69) is 36.6 Å². The lowest BCUT2D eigenvalue weighted by molar-refractivity contribution is -0.129. The van der Waals surface area contributed by atoms with E-state index >= 15 is 0 Å². The highest BCUT2D eigenvalue weighted by Crippen LogP contribution is 2.15. The zero-order valence-electron chi connectivity index (χ0n) is 30.2. The number of likely N-dealkylation sites (N-methyl/N-ethyl adjacent to an activating group) is 1. The average Bonchev–Trinajstić information content (AvgIpc) is 3.02. The van der Waals surface area contributed by atoms with Crippen LogP contribution in [0.3, 0.4) is 0 Å². The molecule has 44 heavy (non-hydrogen) atoms. The fourth-order valence-corrected chi connectivity index (χ4v) is 6.09. The predicted octanol–water partition coefficient (Wildman–Crippen LogP) is 12.3. The Kier molecular flexibility index (Phi) is 35.1. The molecule has 0 bridgehead atoms. The van der Waals surface area contributed by atoms with E-state index < -0.39 is 0 Å². The molecular formula is C40H78N2O2. The van der Waals surface area contributed by atoms with Crippen LogP contribution in [-0.2, 0) is 9.59 Å². The van der Waals surface area contributed by atoms with E-state index in [1.54, 1.807) is 0 Å². The monoisotopic (exact) mass is 619 g/mol. The lowest BCUT2D eigenvalue weighted by atomic mass is 10.0. The molecule has 0 saturated heterocycles. The van der Waals surface area contributed by atoms with Gasteiger partial charge in [-0.1, -0.05) is 180 Å². The Balaban J connectivity index is 3.70. The van der Waals surface area contributed by atoms with Crippen molar-refractivity contribution in [1.29, 1.82) is 0 Å². The molecule has 0 aromatic carbocycles. The van der Waals surface area contributed by atoms with Crippen molar-refractivity contribution in [2.45, 2.75) is 226 Å². The van der Waals surface area contributed by atoms with Crippen LogP contribution in [0.2, 0.25) is 0 Å². The van der Waals surface area contributed by atoms with E-state index in [1.807, 2.05) is 6.92 Å². The Bertz CT molecular complexity index is 633. The Labute approximate surface area is 276 Å². The van der Waals surface area contributed by atoms with E-state index in [-0.39, 0.29) is 17.9 Å². The highest BCUT2D eigenvalue weighted by Gasteiger charge is 2.19. The third kappa shape index (κ3) is 32.1. The van der Waals surface area contributed by atoms with Crippen molar-refractivity contribution in [2.24, 2.45) is 0 Å². The molecule has 0 heterocycles. The quantitative estimate of drug-likeness (QED) is 0.0548. The largest absolute Gasteiger partial charge is 0.355 e. The van der Waals surface area contributed by atoms with Gasteiger partial charge in [-0.15, -0.1) is 0 Å². The van der Waals surface area contributed by atoms with Crippen molar-refractivity contribution in [1.82, 2.24) is 10.6 Å². The van der Waals surface area contributed by atoms with Gasteiger partial charge in [0.2, 0.25) is 11.8 Å². The minimum atomic E-state index is -0.374. The minimum absolute atomic E-state index is 0.0203. The van der Waals surface area contributed by atoms with Gasteiger partial charge >= 0.3 is 0 Å². The van der Waals surface area contributed by atoms with Crippen molar-refractivity contribution in [3.63, 3.8) is 0 Å². The van der Waals surface area contributed by atoms with Crippen LogP contribution in [0.5, 0.6) is 0 Å². The second kappa shape index (κ2) is 36.2. The van der Waals surface area contributed by atoms with Gasteiger partial charge in [-0.25, -0.2) is 0 Å². The number of rotatable bonds is 35. The molecule has 0 spiro atoms. The molecule has 0 rings (SSSR count). The summed E-state index contributed by atoms with van der Waals surface area (Å²) in [6, 6.07) is -0.374. The van der Waals surface area contributed by atoms with Crippen LogP contribution < -0.4 is 10.6 Å². The number of nitrogens with one attached hydrogen (secondary N) is 2. The second-order valence-corrected chi connectivity index (χ2v) is 13.4. The predicted molar refractivity (Wildman–Crippen MR) is 194 cm³/mol. The van der Waals surface area contributed by atoms with Gasteiger partial charge in [-0.05, 0) is 45.4 Å². The molecule has 4 heteroatoms. The van der Waals surface area contributed by atoms with Gasteiger partial charge in [0.1, 0.15) is 6.04 Å². The zero-order valence-corrected chi connectivity index (χ0v) is 30.2. The second-order valence-electron chi connectivity index (χ2n) is 13.4. The number of carbonyl (C=O) groups is 2. The third-order valence-electron chi connectivity index (χ3n) is 9.01. The number of carbonyl (C=O) groups excluding carboxylic acids is 2. The molecule has 4 nitrogen and oxygen atoms in total. The molecule has 1 unspecified atom stereocenters. The maximum absolute atomic E-state index is 12.6. The smallest absolute Gasteiger partial charge is 0.242 e. The summed E-state index contributed by atoms with van der Waals surface area (Å²) in [4.78, 5) is 25.1. The molecule has 0 radical (unpaired) electrons. The maximum atomic E-state index is 12.6. The molecule has 0 aliphatic rings. The lowest BCUT2D eigenvalue weighted by Gasteiger charge is -2.18. The molecule has 0 fully saturated rings. The lowest BCUT2D eigenvalue weighted by Crippen LogP contribution is -2.46. The van der Waals surface area contributed by atoms with E-state index in [1.165, 1.54) is 161 Å². The Morgan fingerprint density at radius 3 is 1.25 bits per heavy atom. The van der Waals surface area contributed by atoms with Crippen LogP contribution >= 0.6 is 0 Å². The van der Waals surface area contributed by atoms with Gasteiger partial charge in [-0.2, -0.15) is 0 Å². The van der Waals surface area contributed by atoms with Crippen LogP contribution in [0, 0.1) is 0 Å². The van der Waals surface area contributed by atoms with Crippen molar-refractivity contribution < 1.29 is 9.59 Å². The Morgan fingerprint density at radius 2 is 0.841 bits per heavy atom. The number of hydrogen-bond donors (Lipinski definition) is 2. The van der Waals surface area contributed by atoms with Crippen molar-refractivity contribution in [3.8, 4) is 0 Å². The van der Waals surface area contributed by atoms with Crippen molar-refractivity contribution in [2.75, 3.05) is 6.54 Å². The summed E-state index contributed by atoms with van der Waals surface area (Å²) in [6.07, 6.45) is 43.9. The molecule has 260 valence electrons. The standard InChI is InChI=1S/C40H78N2O2/c1-4-7-9-11-13-15-17-19-20-21-22-23-24-25-27-29-31-33-35-37-39(43)42-38(40(44)41-6-3)36-34-32-30-28-26-18-16-14-12-10-8-5-2/h19-20,38H,4-18,21-37H2,1-3H3,(H,41,44)(H,42,43). The van der Waals surface area contributed by atoms with Gasteiger partial charge in [0, 0.05) is 13.0 Å². The minimum Gasteiger partial charge on any atom is -0.355 e. The fourth-order valence-electron chi connectivity index (χ4n) is 6.09. The molecule has 1 atom stereocenters. The maximum Gasteiger partial charge on any atom is 0.242 e. The molecule has 0 aliphatic heterocycles. The number of unbranched alkanes of at least 4 members (excludes halogenated alkanes) is 26. The van der Waals surface area contributed by atoms with Crippen LogP contribution in [0.4, 0.5) is 0 Å². The van der Waals surface area contributed by atoms with Gasteiger partial charge in [-0.3, -0.25) is 9.59 Å². The molecule has 0 aromatic rings. The van der Waals surface area contributed by atoms with E-state index in [4.69, 9.17) is 0 Å². The molecule has 0 aliphatic carbocycles. The summed E-state index contributed by atoms with van der Waals surface area (Å²) in [7, 11) is 0. The number of hydrogen-bond acceptors (Lipinski definition) is 2. The summed E-state index contributed by atoms with van der Waals surface area (Å²) in [6.45, 7) is 7.10. The normalized spacial score (nSPS) is 12.2. The fraction of sp³-hybridized carbons (Fsp3) is 0.900. The molecule has 2 amide bonds. The van der Waals surface area contributed by atoms with E-state index in [0.29, 0.717) is 13.0 Å². The van der Waals surface area contributed by atoms with Gasteiger partial charge < -0.3 is 10.6 Å². The Morgan fingerprint density at radius 1 is 0.477 bits per heavy atom. The molecule has 0 aromatic heterocycles. The van der Waals surface area contributed by atoms with Gasteiger partial charge in [0.25, 0.3) is 0 Å². The first-order valence-corrected chi connectivity index (χ1v) is 19.9. The topological polar surface area (TPSA) is 58.2 Å². The summed E-state index contributed by atoms with van der Waals surface area (Å²) < 4.78 is 0.